The SMILES string of the molecule is CC(F)c1nnc(-c2ccc(COc3cncnc3)nc2)o1. The molecular formula is C14H12FN5O2. The van der Waals surface area contributed by atoms with Gasteiger partial charge in [-0.2, -0.15) is 0 Å². The Kier molecular flexibility index (Phi) is 3.99. The van der Waals surface area contributed by atoms with Crippen molar-refractivity contribution in [2.75, 3.05) is 0 Å². The number of pyridine rings is 1. The molecule has 7 nitrogen and oxygen atoms in total. The van der Waals surface area contributed by atoms with E-state index < -0.39 is 6.17 Å². The van der Waals surface area contributed by atoms with Gasteiger partial charge in [0, 0.05) is 6.20 Å². The molecule has 3 aromatic heterocycles. The van der Waals surface area contributed by atoms with Gasteiger partial charge in [0.2, 0.25) is 5.89 Å². The van der Waals surface area contributed by atoms with Gasteiger partial charge in [-0.05, 0) is 19.1 Å². The Labute approximate surface area is 125 Å². The first-order valence-electron chi connectivity index (χ1n) is 6.53. The molecule has 1 atom stereocenters. The van der Waals surface area contributed by atoms with E-state index in [1.54, 1.807) is 30.7 Å². The van der Waals surface area contributed by atoms with Crippen LogP contribution in [0, 0.1) is 0 Å². The van der Waals surface area contributed by atoms with Crippen molar-refractivity contribution in [3.05, 3.63) is 48.6 Å². The lowest BCUT2D eigenvalue weighted by Crippen LogP contribution is -1.98. The van der Waals surface area contributed by atoms with Crippen molar-refractivity contribution in [1.82, 2.24) is 25.1 Å². The second-order valence-corrected chi connectivity index (χ2v) is 4.46. The summed E-state index contributed by atoms with van der Waals surface area (Å²) in [6.07, 6.45) is 4.84. The molecular weight excluding hydrogens is 289 g/mol. The van der Waals surface area contributed by atoms with E-state index in [9.17, 15) is 4.39 Å². The van der Waals surface area contributed by atoms with Crippen LogP contribution in [-0.2, 0) is 6.61 Å². The van der Waals surface area contributed by atoms with Crippen LogP contribution < -0.4 is 4.74 Å². The number of ether oxygens (including phenoxy) is 1. The molecule has 3 aromatic rings. The smallest absolute Gasteiger partial charge is 0.250 e. The van der Waals surface area contributed by atoms with E-state index in [-0.39, 0.29) is 18.4 Å². The summed E-state index contributed by atoms with van der Waals surface area (Å²) in [4.78, 5) is 11.9. The molecule has 0 aliphatic rings. The summed E-state index contributed by atoms with van der Waals surface area (Å²) in [5.74, 6) is 0.745. The van der Waals surface area contributed by atoms with Gasteiger partial charge in [0.1, 0.15) is 12.9 Å². The minimum absolute atomic E-state index is 0.0495. The number of hydrogen-bond donors (Lipinski definition) is 0. The van der Waals surface area contributed by atoms with E-state index in [1.165, 1.54) is 13.3 Å². The van der Waals surface area contributed by atoms with Gasteiger partial charge in [-0.1, -0.05) is 0 Å². The average Bonchev–Trinajstić information content (AvgIpc) is 3.05. The largest absolute Gasteiger partial charge is 0.484 e. The number of hydrogen-bond acceptors (Lipinski definition) is 7. The second-order valence-electron chi connectivity index (χ2n) is 4.46. The van der Waals surface area contributed by atoms with E-state index in [4.69, 9.17) is 9.15 Å². The summed E-state index contributed by atoms with van der Waals surface area (Å²) in [6.45, 7) is 1.62. The second kappa shape index (κ2) is 6.25. The highest BCUT2D eigenvalue weighted by molar-refractivity contribution is 5.50. The summed E-state index contributed by atoms with van der Waals surface area (Å²) < 4.78 is 23.7. The van der Waals surface area contributed by atoms with Gasteiger partial charge >= 0.3 is 0 Å². The lowest BCUT2D eigenvalue weighted by atomic mass is 10.2. The lowest BCUT2D eigenvalue weighted by Gasteiger charge is -2.04. The summed E-state index contributed by atoms with van der Waals surface area (Å²) in [5, 5.41) is 7.42. The molecule has 0 aliphatic carbocycles. The normalized spacial score (nSPS) is 12.1. The Morgan fingerprint density at radius 2 is 2.00 bits per heavy atom. The molecule has 3 rings (SSSR count). The zero-order valence-electron chi connectivity index (χ0n) is 11.7. The first-order valence-corrected chi connectivity index (χ1v) is 6.53. The Balaban J connectivity index is 1.67. The predicted molar refractivity (Wildman–Crippen MR) is 73.4 cm³/mol. The minimum Gasteiger partial charge on any atom is -0.484 e. The molecule has 22 heavy (non-hydrogen) atoms. The maximum Gasteiger partial charge on any atom is 0.250 e. The van der Waals surface area contributed by atoms with Crippen molar-refractivity contribution < 1.29 is 13.5 Å². The van der Waals surface area contributed by atoms with Gasteiger partial charge in [0.05, 0.1) is 23.7 Å². The molecule has 0 saturated carbocycles. The van der Waals surface area contributed by atoms with Crippen LogP contribution in [0.4, 0.5) is 4.39 Å². The molecule has 0 spiro atoms. The number of alkyl halides is 1. The summed E-state index contributed by atoms with van der Waals surface area (Å²) in [7, 11) is 0. The van der Waals surface area contributed by atoms with Crippen LogP contribution in [-0.4, -0.2) is 25.1 Å². The van der Waals surface area contributed by atoms with Crippen molar-refractivity contribution in [3.8, 4) is 17.2 Å². The van der Waals surface area contributed by atoms with Crippen molar-refractivity contribution in [2.45, 2.75) is 19.7 Å². The standard InChI is InChI=1S/C14H12FN5O2/c1-9(15)13-19-20-14(22-13)10-2-3-11(18-4-10)7-21-12-5-16-8-17-6-12/h2-6,8-9H,7H2,1H3. The molecule has 0 saturated heterocycles. The molecule has 0 aliphatic heterocycles. The van der Waals surface area contributed by atoms with Crippen LogP contribution in [0.2, 0.25) is 0 Å². The number of nitrogens with zero attached hydrogens (tertiary/aromatic N) is 5. The molecule has 1 unspecified atom stereocenters. The molecule has 8 heteroatoms. The Morgan fingerprint density at radius 3 is 2.64 bits per heavy atom. The monoisotopic (exact) mass is 301 g/mol. The quantitative estimate of drug-likeness (QED) is 0.715. The first kappa shape index (κ1) is 14.1. The van der Waals surface area contributed by atoms with Crippen LogP contribution in [0.3, 0.4) is 0 Å². The molecule has 0 amide bonds. The molecule has 3 heterocycles. The molecule has 0 N–H and O–H groups in total. The summed E-state index contributed by atoms with van der Waals surface area (Å²) in [5.41, 5.74) is 1.33. The Hall–Kier alpha value is -2.90. The summed E-state index contributed by atoms with van der Waals surface area (Å²) in [6, 6.07) is 3.52. The first-order chi connectivity index (χ1) is 10.7. The lowest BCUT2D eigenvalue weighted by molar-refractivity contribution is 0.298. The van der Waals surface area contributed by atoms with E-state index in [2.05, 4.69) is 25.1 Å². The van der Waals surface area contributed by atoms with Gasteiger partial charge in [-0.25, -0.2) is 14.4 Å². The van der Waals surface area contributed by atoms with E-state index in [1.807, 2.05) is 0 Å². The molecule has 0 radical (unpaired) electrons. The fraction of sp³-hybridized carbons (Fsp3) is 0.214. The number of aromatic nitrogens is 5. The minimum atomic E-state index is -1.30. The van der Waals surface area contributed by atoms with Gasteiger partial charge in [0.25, 0.3) is 5.89 Å². The topological polar surface area (TPSA) is 86.8 Å². The van der Waals surface area contributed by atoms with Crippen LogP contribution >= 0.6 is 0 Å². The maximum absolute atomic E-state index is 13.0. The molecule has 0 bridgehead atoms. The van der Waals surface area contributed by atoms with E-state index in [0.717, 1.165) is 0 Å². The zero-order chi connectivity index (χ0) is 15.4. The van der Waals surface area contributed by atoms with Gasteiger partial charge in [-0.3, -0.25) is 4.98 Å². The molecule has 0 aromatic carbocycles. The average molecular weight is 301 g/mol. The van der Waals surface area contributed by atoms with Crippen molar-refractivity contribution in [1.29, 1.82) is 0 Å². The molecule has 112 valence electrons. The fourth-order valence-electron chi connectivity index (χ4n) is 1.67. The van der Waals surface area contributed by atoms with Crippen LogP contribution in [0.15, 0.2) is 41.5 Å². The fourth-order valence-corrected chi connectivity index (χ4v) is 1.67. The van der Waals surface area contributed by atoms with Gasteiger partial charge < -0.3 is 9.15 Å². The Morgan fingerprint density at radius 1 is 1.18 bits per heavy atom. The van der Waals surface area contributed by atoms with Crippen LogP contribution in [0.25, 0.3) is 11.5 Å². The van der Waals surface area contributed by atoms with Crippen LogP contribution in [0.5, 0.6) is 5.75 Å². The predicted octanol–water partition coefficient (Wildman–Crippen LogP) is 2.53. The highest BCUT2D eigenvalue weighted by atomic mass is 19.1. The third-order valence-electron chi connectivity index (χ3n) is 2.78. The summed E-state index contributed by atoms with van der Waals surface area (Å²) >= 11 is 0. The number of halogens is 1. The highest BCUT2D eigenvalue weighted by Gasteiger charge is 2.14. The zero-order valence-corrected chi connectivity index (χ0v) is 11.7. The van der Waals surface area contributed by atoms with Crippen molar-refractivity contribution in [3.63, 3.8) is 0 Å². The number of rotatable bonds is 5. The van der Waals surface area contributed by atoms with Crippen molar-refractivity contribution in [2.24, 2.45) is 0 Å². The third-order valence-corrected chi connectivity index (χ3v) is 2.78. The van der Waals surface area contributed by atoms with E-state index >= 15 is 0 Å². The van der Waals surface area contributed by atoms with Gasteiger partial charge in [0.15, 0.2) is 11.9 Å². The Bertz CT molecular complexity index is 731. The van der Waals surface area contributed by atoms with Crippen LogP contribution in [0.1, 0.15) is 24.7 Å². The van der Waals surface area contributed by atoms with Crippen molar-refractivity contribution >= 4 is 0 Å². The van der Waals surface area contributed by atoms with Gasteiger partial charge in [-0.15, -0.1) is 10.2 Å². The highest BCUT2D eigenvalue weighted by Crippen LogP contribution is 2.21. The van der Waals surface area contributed by atoms with E-state index in [0.29, 0.717) is 17.0 Å². The molecule has 0 fully saturated rings. The maximum atomic E-state index is 13.0. The third kappa shape index (κ3) is 3.22.